The van der Waals surface area contributed by atoms with Crippen molar-refractivity contribution < 1.29 is 14.7 Å². The van der Waals surface area contributed by atoms with Crippen LogP contribution in [0, 0.1) is 0 Å². The van der Waals surface area contributed by atoms with Gasteiger partial charge >= 0.3 is 0 Å². The van der Waals surface area contributed by atoms with Gasteiger partial charge in [0.05, 0.1) is 6.10 Å². The lowest BCUT2D eigenvalue weighted by atomic mass is 9.98. The lowest BCUT2D eigenvalue weighted by molar-refractivity contribution is -0.151. The van der Waals surface area contributed by atoms with Gasteiger partial charge < -0.3 is 15.3 Å². The molecule has 0 radical (unpaired) electrons. The highest BCUT2D eigenvalue weighted by Crippen LogP contribution is 2.26. The Morgan fingerprint density at radius 2 is 2.14 bits per heavy atom. The van der Waals surface area contributed by atoms with Crippen LogP contribution in [-0.4, -0.2) is 46.1 Å². The number of carbonyl (C=O) groups excluding carboxylic acids is 2. The number of aliphatic hydroxyl groups is 1. The molecule has 2 amide bonds. The van der Waals surface area contributed by atoms with Crippen LogP contribution in [0.2, 0.25) is 0 Å². The molecule has 2 fully saturated rings. The average molecular weight is 198 g/mol. The van der Waals surface area contributed by atoms with Gasteiger partial charge in [-0.15, -0.1) is 0 Å². The van der Waals surface area contributed by atoms with E-state index in [0.29, 0.717) is 6.42 Å². The highest BCUT2D eigenvalue weighted by atomic mass is 16.3. The maximum atomic E-state index is 11.8. The predicted octanol–water partition coefficient (Wildman–Crippen LogP) is -1.14. The average Bonchev–Trinajstić information content (AvgIpc) is 2.43. The summed E-state index contributed by atoms with van der Waals surface area (Å²) in [6.07, 6.45) is -0.211. The molecular formula is C9H14N2O3. The normalized spacial score (nSPS) is 35.5. The Kier molecular flexibility index (Phi) is 1.82. The first-order valence-corrected chi connectivity index (χ1v) is 4.73. The fraction of sp³-hybridized carbons (Fsp3) is 0.778. The van der Waals surface area contributed by atoms with Crippen LogP contribution in [0.4, 0.5) is 0 Å². The van der Waals surface area contributed by atoms with E-state index in [1.54, 1.807) is 13.8 Å². The van der Waals surface area contributed by atoms with Gasteiger partial charge in [-0.05, 0) is 13.8 Å². The molecule has 5 heteroatoms. The van der Waals surface area contributed by atoms with Crippen LogP contribution in [0.5, 0.6) is 0 Å². The zero-order valence-corrected chi connectivity index (χ0v) is 8.28. The number of carbonyl (C=O) groups is 2. The molecule has 2 N–H and O–H groups in total. The molecule has 2 aliphatic heterocycles. The van der Waals surface area contributed by atoms with Crippen LogP contribution in [0.25, 0.3) is 0 Å². The summed E-state index contributed by atoms with van der Waals surface area (Å²) >= 11 is 0. The van der Waals surface area contributed by atoms with Gasteiger partial charge in [0, 0.05) is 13.0 Å². The number of nitrogens with one attached hydrogen (secondary N) is 1. The van der Waals surface area contributed by atoms with Crippen molar-refractivity contribution in [1.29, 1.82) is 0 Å². The quantitative estimate of drug-likeness (QED) is 0.516. The molecule has 0 aromatic carbocycles. The minimum Gasteiger partial charge on any atom is -0.391 e. The van der Waals surface area contributed by atoms with Crippen molar-refractivity contribution in [3.63, 3.8) is 0 Å². The second kappa shape index (κ2) is 2.70. The number of fused-ring (bicyclic) bond motifs is 1. The van der Waals surface area contributed by atoms with Gasteiger partial charge in [0.25, 0.3) is 0 Å². The Morgan fingerprint density at radius 3 is 2.79 bits per heavy atom. The summed E-state index contributed by atoms with van der Waals surface area (Å²) in [5.74, 6) is -0.273. The van der Waals surface area contributed by atoms with Crippen molar-refractivity contribution in [2.24, 2.45) is 0 Å². The SMILES string of the molecule is CC1(C)NC(=O)[C@@H]2C[C@@H](O)CN2C1=O. The van der Waals surface area contributed by atoms with Crippen molar-refractivity contribution in [3.05, 3.63) is 0 Å². The first-order valence-electron chi connectivity index (χ1n) is 4.73. The molecule has 0 aromatic heterocycles. The Balaban J connectivity index is 2.29. The second-order valence-corrected chi connectivity index (χ2v) is 4.48. The van der Waals surface area contributed by atoms with Gasteiger partial charge in [-0.1, -0.05) is 0 Å². The van der Waals surface area contributed by atoms with Crippen LogP contribution < -0.4 is 5.32 Å². The van der Waals surface area contributed by atoms with Gasteiger partial charge in [0.15, 0.2) is 0 Å². The summed E-state index contributed by atoms with van der Waals surface area (Å²) in [6, 6.07) is -0.467. The molecule has 0 spiro atoms. The number of hydrogen-bond acceptors (Lipinski definition) is 3. The second-order valence-electron chi connectivity index (χ2n) is 4.48. The van der Waals surface area contributed by atoms with Crippen molar-refractivity contribution in [3.8, 4) is 0 Å². The minimum absolute atomic E-state index is 0.112. The molecule has 2 atom stereocenters. The largest absolute Gasteiger partial charge is 0.391 e. The molecule has 2 heterocycles. The minimum atomic E-state index is -0.836. The van der Waals surface area contributed by atoms with Crippen LogP contribution >= 0.6 is 0 Å². The first kappa shape index (κ1) is 9.45. The summed E-state index contributed by atoms with van der Waals surface area (Å²) in [4.78, 5) is 24.9. The van der Waals surface area contributed by atoms with Crippen molar-refractivity contribution in [2.75, 3.05) is 6.54 Å². The summed E-state index contributed by atoms with van der Waals surface area (Å²) in [6.45, 7) is 3.63. The molecule has 2 saturated heterocycles. The van der Waals surface area contributed by atoms with Gasteiger partial charge in [-0.25, -0.2) is 0 Å². The maximum Gasteiger partial charge on any atom is 0.248 e. The van der Waals surface area contributed by atoms with E-state index in [9.17, 15) is 14.7 Å². The summed E-state index contributed by atoms with van der Waals surface area (Å²) in [5, 5.41) is 12.0. The van der Waals surface area contributed by atoms with E-state index in [0.717, 1.165) is 0 Å². The lowest BCUT2D eigenvalue weighted by Gasteiger charge is -2.39. The molecular weight excluding hydrogens is 184 g/mol. The monoisotopic (exact) mass is 198 g/mol. The maximum absolute atomic E-state index is 11.8. The zero-order chi connectivity index (χ0) is 10.5. The van der Waals surface area contributed by atoms with E-state index in [2.05, 4.69) is 5.32 Å². The first-order chi connectivity index (χ1) is 6.42. The molecule has 2 aliphatic rings. The van der Waals surface area contributed by atoms with E-state index < -0.39 is 17.7 Å². The molecule has 5 nitrogen and oxygen atoms in total. The van der Waals surface area contributed by atoms with Gasteiger partial charge in [0.1, 0.15) is 11.6 Å². The molecule has 0 aliphatic carbocycles. The lowest BCUT2D eigenvalue weighted by Crippen LogP contribution is -2.66. The van der Waals surface area contributed by atoms with Crippen LogP contribution in [0.3, 0.4) is 0 Å². The number of rotatable bonds is 0. The summed E-state index contributed by atoms with van der Waals surface area (Å²) in [5.41, 5.74) is -0.836. The fourth-order valence-corrected chi connectivity index (χ4v) is 2.09. The third-order valence-electron chi connectivity index (χ3n) is 2.81. The highest BCUT2D eigenvalue weighted by molar-refractivity contribution is 5.99. The number of aliphatic hydroxyl groups excluding tert-OH is 1. The summed E-state index contributed by atoms with van der Waals surface area (Å²) in [7, 11) is 0. The smallest absolute Gasteiger partial charge is 0.248 e. The van der Waals surface area contributed by atoms with E-state index in [1.807, 2.05) is 0 Å². The van der Waals surface area contributed by atoms with E-state index >= 15 is 0 Å². The van der Waals surface area contributed by atoms with Gasteiger partial charge in [0.2, 0.25) is 11.8 Å². The Morgan fingerprint density at radius 1 is 1.50 bits per heavy atom. The Bertz CT molecular complexity index is 300. The topological polar surface area (TPSA) is 69.6 Å². The van der Waals surface area contributed by atoms with E-state index in [1.165, 1.54) is 4.90 Å². The third-order valence-corrected chi connectivity index (χ3v) is 2.81. The van der Waals surface area contributed by atoms with E-state index in [4.69, 9.17) is 0 Å². The van der Waals surface area contributed by atoms with Crippen molar-refractivity contribution in [1.82, 2.24) is 10.2 Å². The van der Waals surface area contributed by atoms with Crippen molar-refractivity contribution >= 4 is 11.8 Å². The number of amides is 2. The van der Waals surface area contributed by atoms with Gasteiger partial charge in [-0.3, -0.25) is 9.59 Å². The van der Waals surface area contributed by atoms with Crippen molar-refractivity contribution in [2.45, 2.75) is 38.0 Å². The molecule has 0 bridgehead atoms. The number of piperazine rings is 1. The van der Waals surface area contributed by atoms with Crippen LogP contribution in [0.1, 0.15) is 20.3 Å². The van der Waals surface area contributed by atoms with Crippen LogP contribution in [-0.2, 0) is 9.59 Å². The molecule has 0 unspecified atom stereocenters. The molecule has 0 saturated carbocycles. The number of hydrogen-bond donors (Lipinski definition) is 2. The molecule has 0 aromatic rings. The number of nitrogens with zero attached hydrogens (tertiary/aromatic N) is 1. The van der Waals surface area contributed by atoms with Crippen LogP contribution in [0.15, 0.2) is 0 Å². The molecule has 14 heavy (non-hydrogen) atoms. The summed E-state index contributed by atoms with van der Waals surface area (Å²) < 4.78 is 0. The molecule has 78 valence electrons. The third kappa shape index (κ3) is 1.19. The molecule has 2 rings (SSSR count). The fourth-order valence-electron chi connectivity index (χ4n) is 2.09. The Labute approximate surface area is 82.1 Å². The highest BCUT2D eigenvalue weighted by Gasteiger charge is 2.49. The van der Waals surface area contributed by atoms with Gasteiger partial charge in [-0.2, -0.15) is 0 Å². The zero-order valence-electron chi connectivity index (χ0n) is 8.28. The predicted molar refractivity (Wildman–Crippen MR) is 48.3 cm³/mol. The standard InChI is InChI=1S/C9H14N2O3/c1-9(2)8(14)11-4-5(12)3-6(11)7(13)10-9/h5-6,12H,3-4H2,1-2H3,(H,10,13)/t5-,6+/m1/s1. The van der Waals surface area contributed by atoms with E-state index in [-0.39, 0.29) is 18.4 Å². The Hall–Kier alpha value is -1.10.